The molecule has 1 aliphatic rings. The molecule has 33 heavy (non-hydrogen) atoms. The summed E-state index contributed by atoms with van der Waals surface area (Å²) in [5.74, 6) is 1.15. The highest BCUT2D eigenvalue weighted by Crippen LogP contribution is 2.33. The van der Waals surface area contributed by atoms with Crippen molar-refractivity contribution in [3.63, 3.8) is 0 Å². The van der Waals surface area contributed by atoms with Crippen molar-refractivity contribution in [1.82, 2.24) is 20.3 Å². The summed E-state index contributed by atoms with van der Waals surface area (Å²) in [6, 6.07) is 10.5. The van der Waals surface area contributed by atoms with Gasteiger partial charge in [-0.25, -0.2) is 0 Å². The number of hydrogen-bond donors (Lipinski definition) is 2. The number of nitrogens with zero attached hydrogens (tertiary/aromatic N) is 4. The zero-order valence-electron chi connectivity index (χ0n) is 18.2. The van der Waals surface area contributed by atoms with Gasteiger partial charge in [-0.05, 0) is 55.2 Å². The fraction of sp³-hybridized carbons (Fsp3) is 0.304. The van der Waals surface area contributed by atoms with Crippen LogP contribution in [-0.2, 0) is 19.1 Å². The summed E-state index contributed by atoms with van der Waals surface area (Å²) in [6.07, 6.45) is -2.86. The number of aryl methyl sites for hydroxylation is 2. The van der Waals surface area contributed by atoms with Crippen molar-refractivity contribution in [3.05, 3.63) is 70.5 Å². The van der Waals surface area contributed by atoms with Gasteiger partial charge < -0.3 is 15.5 Å². The maximum Gasteiger partial charge on any atom is 0.416 e. The van der Waals surface area contributed by atoms with Crippen molar-refractivity contribution >= 4 is 23.5 Å². The number of anilines is 3. The van der Waals surface area contributed by atoms with Crippen molar-refractivity contribution in [2.24, 2.45) is 0 Å². The van der Waals surface area contributed by atoms with Gasteiger partial charge in [-0.3, -0.25) is 4.79 Å². The molecule has 0 unspecified atom stereocenters. The summed E-state index contributed by atoms with van der Waals surface area (Å²) < 4.78 is 39.6. The summed E-state index contributed by atoms with van der Waals surface area (Å²) >= 11 is 0. The summed E-state index contributed by atoms with van der Waals surface area (Å²) in [6.45, 7) is 2.30. The van der Waals surface area contributed by atoms with Gasteiger partial charge >= 0.3 is 6.18 Å². The highest BCUT2D eigenvalue weighted by atomic mass is 19.4. The fourth-order valence-corrected chi connectivity index (χ4v) is 3.87. The Labute approximate surface area is 189 Å². The van der Waals surface area contributed by atoms with Gasteiger partial charge in [0.2, 0.25) is 11.9 Å². The van der Waals surface area contributed by atoms with Crippen molar-refractivity contribution < 1.29 is 18.0 Å². The quantitative estimate of drug-likeness (QED) is 0.597. The van der Waals surface area contributed by atoms with Gasteiger partial charge in [0, 0.05) is 31.4 Å². The molecule has 0 saturated heterocycles. The molecule has 0 aliphatic carbocycles. The van der Waals surface area contributed by atoms with Crippen LogP contribution in [0.5, 0.6) is 0 Å². The lowest BCUT2D eigenvalue weighted by molar-refractivity contribution is -0.138. The van der Waals surface area contributed by atoms with E-state index in [0.717, 1.165) is 36.7 Å². The largest absolute Gasteiger partial charge is 0.416 e. The first-order valence-electron chi connectivity index (χ1n) is 10.5. The fourth-order valence-electron chi connectivity index (χ4n) is 3.87. The van der Waals surface area contributed by atoms with E-state index in [0.29, 0.717) is 23.3 Å². The van der Waals surface area contributed by atoms with Crippen LogP contribution in [0, 0.1) is 6.92 Å². The molecule has 172 valence electrons. The Hall–Kier alpha value is -3.69. The number of hydrogen-bond acceptors (Lipinski definition) is 6. The third kappa shape index (κ3) is 4.89. The molecule has 0 radical (unpaired) electrons. The molecular weight excluding hydrogens is 433 g/mol. The molecule has 1 amide bonds. The second-order valence-electron chi connectivity index (χ2n) is 7.69. The maximum absolute atomic E-state index is 13.2. The van der Waals surface area contributed by atoms with E-state index in [-0.39, 0.29) is 12.1 Å². The third-order valence-corrected chi connectivity index (χ3v) is 5.42. The van der Waals surface area contributed by atoms with Gasteiger partial charge in [-0.2, -0.15) is 28.1 Å². The van der Waals surface area contributed by atoms with Gasteiger partial charge in [0.1, 0.15) is 5.82 Å². The molecule has 3 aromatic rings. The second-order valence-corrected chi connectivity index (χ2v) is 7.69. The maximum atomic E-state index is 13.2. The summed E-state index contributed by atoms with van der Waals surface area (Å²) in [5.41, 5.74) is 1.51. The lowest BCUT2D eigenvalue weighted by atomic mass is 9.99. The highest BCUT2D eigenvalue weighted by molar-refractivity contribution is 5.95. The number of benzene rings is 2. The molecule has 2 N–H and O–H groups in total. The van der Waals surface area contributed by atoms with Crippen LogP contribution in [-0.4, -0.2) is 34.5 Å². The Morgan fingerprint density at radius 3 is 2.67 bits per heavy atom. The zero-order chi connectivity index (χ0) is 23.6. The monoisotopic (exact) mass is 456 g/mol. The first-order valence-corrected chi connectivity index (χ1v) is 10.5. The number of rotatable bonds is 5. The minimum absolute atomic E-state index is 0.0213. The molecule has 0 fully saturated rings. The first kappa shape index (κ1) is 22.5. The number of nitrogens with one attached hydrogen (secondary N) is 2. The average Bonchev–Trinajstić information content (AvgIpc) is 2.80. The number of aromatic nitrogens is 3. The van der Waals surface area contributed by atoms with Gasteiger partial charge in [0.05, 0.1) is 5.56 Å². The minimum atomic E-state index is -4.48. The van der Waals surface area contributed by atoms with Gasteiger partial charge in [-0.1, -0.05) is 18.2 Å². The van der Waals surface area contributed by atoms with E-state index in [2.05, 4.69) is 25.6 Å². The molecule has 10 heteroatoms. The van der Waals surface area contributed by atoms with Crippen LogP contribution in [0.25, 0.3) is 0 Å². The van der Waals surface area contributed by atoms with E-state index in [1.54, 1.807) is 26.1 Å². The molecule has 2 heterocycles. The van der Waals surface area contributed by atoms with Gasteiger partial charge in [0.15, 0.2) is 0 Å². The number of fused-ring (bicyclic) bond motifs is 1. The number of carbonyl (C=O) groups is 1. The van der Waals surface area contributed by atoms with Crippen LogP contribution < -0.4 is 15.5 Å². The normalized spacial score (nSPS) is 13.4. The predicted molar refractivity (Wildman–Crippen MR) is 118 cm³/mol. The molecule has 1 aliphatic heterocycles. The van der Waals surface area contributed by atoms with Crippen LogP contribution >= 0.6 is 0 Å². The Morgan fingerprint density at radius 1 is 1.12 bits per heavy atom. The molecular formula is C23H23F3N6O. The summed E-state index contributed by atoms with van der Waals surface area (Å²) in [7, 11) is 1.74. The van der Waals surface area contributed by atoms with Crippen molar-refractivity contribution in [2.45, 2.75) is 32.5 Å². The summed E-state index contributed by atoms with van der Waals surface area (Å²) in [5, 5.41) is 5.53. The van der Waals surface area contributed by atoms with Gasteiger partial charge in [0.25, 0.3) is 5.91 Å². The Morgan fingerprint density at radius 2 is 1.91 bits per heavy atom. The number of halogens is 3. The van der Waals surface area contributed by atoms with Crippen molar-refractivity contribution in [3.8, 4) is 0 Å². The molecule has 0 atom stereocenters. The van der Waals surface area contributed by atoms with Crippen LogP contribution in [0.2, 0.25) is 0 Å². The van der Waals surface area contributed by atoms with E-state index >= 15 is 0 Å². The van der Waals surface area contributed by atoms with Crippen LogP contribution in [0.1, 0.15) is 39.3 Å². The number of alkyl halides is 3. The lowest BCUT2D eigenvalue weighted by Gasteiger charge is -2.30. The molecule has 4 rings (SSSR count). The standard InChI is InChI=1S/C23H23F3N6O/c1-14-29-21(27-2)31-22(30-14)32-11-5-7-15-12-16(9-10-19(15)32)20(33)28-13-17-6-3-4-8-18(17)23(24,25)26/h3-4,6,8-10,12H,5,7,11,13H2,1-2H3,(H,28,33)(H,27,29,30,31). The smallest absolute Gasteiger partial charge is 0.357 e. The number of carbonyl (C=O) groups excluding carboxylic acids is 1. The molecule has 0 bridgehead atoms. The van der Waals surface area contributed by atoms with Crippen LogP contribution in [0.3, 0.4) is 0 Å². The van der Waals surface area contributed by atoms with E-state index in [1.165, 1.54) is 18.2 Å². The SMILES string of the molecule is CNc1nc(C)nc(N2CCCc3cc(C(=O)NCc4ccccc4C(F)(F)F)ccc32)n1. The first-order chi connectivity index (χ1) is 15.8. The van der Waals surface area contributed by atoms with Crippen LogP contribution in [0.4, 0.5) is 30.8 Å². The molecule has 0 saturated carbocycles. The molecule has 2 aromatic carbocycles. The Kier molecular flexibility index (Phi) is 6.17. The van der Waals surface area contributed by atoms with Crippen LogP contribution in [0.15, 0.2) is 42.5 Å². The lowest BCUT2D eigenvalue weighted by Crippen LogP contribution is -2.28. The number of amides is 1. The third-order valence-electron chi connectivity index (χ3n) is 5.42. The molecule has 7 nitrogen and oxygen atoms in total. The topological polar surface area (TPSA) is 83.0 Å². The summed E-state index contributed by atoms with van der Waals surface area (Å²) in [4.78, 5) is 27.8. The molecule has 1 aromatic heterocycles. The average molecular weight is 456 g/mol. The minimum Gasteiger partial charge on any atom is -0.357 e. The van der Waals surface area contributed by atoms with Crippen molar-refractivity contribution in [1.29, 1.82) is 0 Å². The van der Waals surface area contributed by atoms with E-state index in [4.69, 9.17) is 0 Å². The van der Waals surface area contributed by atoms with E-state index in [1.807, 2.05) is 11.0 Å². The second kappa shape index (κ2) is 9.05. The zero-order valence-corrected chi connectivity index (χ0v) is 18.2. The Balaban J connectivity index is 1.54. The van der Waals surface area contributed by atoms with E-state index in [9.17, 15) is 18.0 Å². The Bertz CT molecular complexity index is 1180. The van der Waals surface area contributed by atoms with Crippen molar-refractivity contribution in [2.75, 3.05) is 23.8 Å². The van der Waals surface area contributed by atoms with E-state index < -0.39 is 17.6 Å². The molecule has 0 spiro atoms. The van der Waals surface area contributed by atoms with Gasteiger partial charge in [-0.15, -0.1) is 0 Å². The predicted octanol–water partition coefficient (Wildman–Crippen LogP) is 4.25. The highest BCUT2D eigenvalue weighted by Gasteiger charge is 2.33.